The van der Waals surface area contributed by atoms with Crippen LogP contribution in [0, 0.1) is 6.92 Å². The molecular formula is C23H29N5OS. The van der Waals surface area contributed by atoms with Crippen LogP contribution in [0.15, 0.2) is 47.6 Å². The molecule has 1 aromatic heterocycles. The van der Waals surface area contributed by atoms with Crippen LogP contribution in [-0.2, 0) is 16.6 Å². The van der Waals surface area contributed by atoms with E-state index in [9.17, 15) is 4.79 Å². The number of benzene rings is 2. The van der Waals surface area contributed by atoms with Crippen molar-refractivity contribution in [3.63, 3.8) is 0 Å². The number of hydrogen-bond donors (Lipinski definition) is 2. The van der Waals surface area contributed by atoms with Crippen LogP contribution in [0.5, 0.6) is 0 Å². The molecule has 0 aliphatic rings. The van der Waals surface area contributed by atoms with Gasteiger partial charge in [0.2, 0.25) is 11.1 Å². The van der Waals surface area contributed by atoms with Gasteiger partial charge in [-0.2, -0.15) is 0 Å². The van der Waals surface area contributed by atoms with E-state index >= 15 is 0 Å². The van der Waals surface area contributed by atoms with Gasteiger partial charge in [-0.05, 0) is 35.4 Å². The molecule has 0 aliphatic carbocycles. The smallest absolute Gasteiger partial charge is 0.234 e. The molecule has 0 fully saturated rings. The molecule has 158 valence electrons. The van der Waals surface area contributed by atoms with Crippen molar-refractivity contribution in [3.05, 3.63) is 59.2 Å². The molecule has 0 bridgehead atoms. The van der Waals surface area contributed by atoms with Crippen LogP contribution in [-0.4, -0.2) is 26.5 Å². The van der Waals surface area contributed by atoms with E-state index in [2.05, 4.69) is 55.3 Å². The Kier molecular flexibility index (Phi) is 6.51. The van der Waals surface area contributed by atoms with Crippen molar-refractivity contribution < 1.29 is 4.79 Å². The van der Waals surface area contributed by atoms with Gasteiger partial charge in [0.15, 0.2) is 5.82 Å². The average molecular weight is 424 g/mol. The first kappa shape index (κ1) is 21.9. The second-order valence-electron chi connectivity index (χ2n) is 8.30. The minimum absolute atomic E-state index is 0.0814. The lowest BCUT2D eigenvalue weighted by molar-refractivity contribution is -0.113. The molecule has 3 rings (SSSR count). The predicted octanol–water partition coefficient (Wildman–Crippen LogP) is 4.56. The molecule has 0 atom stereocenters. The number of thioether (sulfide) groups is 1. The fourth-order valence-corrected chi connectivity index (χ4v) is 3.86. The topological polar surface area (TPSA) is 85.8 Å². The third-order valence-corrected chi connectivity index (χ3v) is 5.95. The van der Waals surface area contributed by atoms with Crippen LogP contribution < -0.4 is 11.2 Å². The zero-order valence-corrected chi connectivity index (χ0v) is 19.0. The number of amides is 1. The Hall–Kier alpha value is -2.80. The highest BCUT2D eigenvalue weighted by Gasteiger charge is 2.17. The van der Waals surface area contributed by atoms with E-state index in [0.717, 1.165) is 28.8 Å². The molecule has 1 heterocycles. The van der Waals surface area contributed by atoms with Crippen LogP contribution in [0.4, 0.5) is 5.69 Å². The van der Waals surface area contributed by atoms with Gasteiger partial charge in [0, 0.05) is 11.3 Å². The summed E-state index contributed by atoms with van der Waals surface area (Å²) in [6.45, 7) is 10.6. The van der Waals surface area contributed by atoms with Crippen LogP contribution in [0.2, 0.25) is 0 Å². The number of rotatable bonds is 6. The summed E-state index contributed by atoms with van der Waals surface area (Å²) < 4.78 is 1.44. The van der Waals surface area contributed by atoms with Gasteiger partial charge in [0.05, 0.1) is 5.75 Å². The molecule has 1 amide bonds. The quantitative estimate of drug-likeness (QED) is 0.448. The lowest BCUT2D eigenvalue weighted by atomic mass is 9.87. The molecule has 0 saturated carbocycles. The van der Waals surface area contributed by atoms with E-state index in [-0.39, 0.29) is 17.1 Å². The largest absolute Gasteiger partial charge is 0.335 e. The summed E-state index contributed by atoms with van der Waals surface area (Å²) in [6, 6.07) is 14.2. The highest BCUT2D eigenvalue weighted by atomic mass is 32.2. The number of carbonyl (C=O) groups excluding carboxylic acids is 1. The minimum Gasteiger partial charge on any atom is -0.335 e. The van der Waals surface area contributed by atoms with Gasteiger partial charge >= 0.3 is 0 Å². The first-order valence-electron chi connectivity index (χ1n) is 10.0. The molecule has 30 heavy (non-hydrogen) atoms. The number of anilines is 1. The maximum atomic E-state index is 12.5. The molecule has 3 aromatic rings. The highest BCUT2D eigenvalue weighted by Crippen LogP contribution is 2.27. The standard InChI is InChI=1S/C23H29N5OS/c1-6-16-9-7-8-15(2)20(16)25-19(29)14-30-22-27-26-21(28(22)24)17-10-12-18(13-11-17)23(3,4)5/h7-13H,6,14,24H2,1-5H3,(H,25,29). The fraction of sp³-hybridized carbons (Fsp3) is 0.348. The maximum absolute atomic E-state index is 12.5. The molecular weight excluding hydrogens is 394 g/mol. The van der Waals surface area contributed by atoms with Crippen molar-refractivity contribution in [3.8, 4) is 11.4 Å². The van der Waals surface area contributed by atoms with Crippen LogP contribution in [0.25, 0.3) is 11.4 Å². The lowest BCUT2D eigenvalue weighted by Gasteiger charge is -2.19. The number of nitrogens with one attached hydrogen (secondary N) is 1. The van der Waals surface area contributed by atoms with E-state index in [1.54, 1.807) is 0 Å². The van der Waals surface area contributed by atoms with E-state index < -0.39 is 0 Å². The van der Waals surface area contributed by atoms with E-state index in [1.165, 1.54) is 22.0 Å². The Morgan fingerprint density at radius 2 is 1.83 bits per heavy atom. The van der Waals surface area contributed by atoms with Gasteiger partial charge in [-0.15, -0.1) is 10.2 Å². The highest BCUT2D eigenvalue weighted by molar-refractivity contribution is 7.99. The van der Waals surface area contributed by atoms with Gasteiger partial charge in [0.1, 0.15) is 0 Å². The molecule has 2 aromatic carbocycles. The summed E-state index contributed by atoms with van der Waals surface area (Å²) >= 11 is 1.27. The number of aryl methyl sites for hydroxylation is 2. The van der Waals surface area contributed by atoms with E-state index in [4.69, 9.17) is 5.84 Å². The number of para-hydroxylation sites is 1. The van der Waals surface area contributed by atoms with Crippen molar-refractivity contribution in [2.24, 2.45) is 0 Å². The Morgan fingerprint density at radius 1 is 1.13 bits per heavy atom. The summed E-state index contributed by atoms with van der Waals surface area (Å²) in [5.41, 5.74) is 5.27. The third kappa shape index (κ3) is 4.84. The zero-order chi connectivity index (χ0) is 21.9. The summed E-state index contributed by atoms with van der Waals surface area (Å²) in [7, 11) is 0. The van der Waals surface area contributed by atoms with E-state index in [0.29, 0.717) is 11.0 Å². The second kappa shape index (κ2) is 8.92. The first-order chi connectivity index (χ1) is 14.2. The van der Waals surface area contributed by atoms with Crippen molar-refractivity contribution >= 4 is 23.4 Å². The number of aromatic nitrogens is 3. The third-order valence-electron chi connectivity index (χ3n) is 5.01. The molecule has 3 N–H and O–H groups in total. The van der Waals surface area contributed by atoms with Crippen LogP contribution in [0.1, 0.15) is 44.4 Å². The van der Waals surface area contributed by atoms with Gasteiger partial charge in [-0.3, -0.25) is 4.79 Å². The Morgan fingerprint density at radius 3 is 2.47 bits per heavy atom. The summed E-state index contributed by atoms with van der Waals surface area (Å²) in [4.78, 5) is 12.5. The molecule has 6 nitrogen and oxygen atoms in total. The van der Waals surface area contributed by atoms with Crippen LogP contribution in [0.3, 0.4) is 0 Å². The number of nitrogen functional groups attached to an aromatic ring is 1. The van der Waals surface area contributed by atoms with Crippen molar-refractivity contribution in [1.82, 2.24) is 14.9 Å². The zero-order valence-electron chi connectivity index (χ0n) is 18.2. The van der Waals surface area contributed by atoms with Crippen molar-refractivity contribution in [2.75, 3.05) is 16.9 Å². The van der Waals surface area contributed by atoms with Crippen molar-refractivity contribution in [2.45, 2.75) is 51.6 Å². The average Bonchev–Trinajstić information content (AvgIpc) is 3.07. The first-order valence-corrected chi connectivity index (χ1v) is 11.0. The molecule has 0 radical (unpaired) electrons. The Bertz CT molecular complexity index is 1030. The monoisotopic (exact) mass is 423 g/mol. The maximum Gasteiger partial charge on any atom is 0.234 e. The second-order valence-corrected chi connectivity index (χ2v) is 9.25. The summed E-state index contributed by atoms with van der Waals surface area (Å²) in [6.07, 6.45) is 0.860. The molecule has 0 spiro atoms. The molecule has 0 saturated heterocycles. The van der Waals surface area contributed by atoms with Crippen LogP contribution >= 0.6 is 11.8 Å². The number of hydrogen-bond acceptors (Lipinski definition) is 5. The number of nitrogens with two attached hydrogens (primary N) is 1. The summed E-state index contributed by atoms with van der Waals surface area (Å²) in [5, 5.41) is 11.9. The molecule has 0 aliphatic heterocycles. The predicted molar refractivity (Wildman–Crippen MR) is 124 cm³/mol. The van der Waals surface area contributed by atoms with Gasteiger partial charge in [0.25, 0.3) is 0 Å². The fourth-order valence-electron chi connectivity index (χ4n) is 3.20. The molecule has 7 heteroatoms. The summed E-state index contributed by atoms with van der Waals surface area (Å²) in [5.74, 6) is 6.89. The Balaban J connectivity index is 1.68. The van der Waals surface area contributed by atoms with Gasteiger partial charge in [-0.25, -0.2) is 4.68 Å². The Labute approximate surface area is 182 Å². The normalized spacial score (nSPS) is 11.5. The number of nitrogens with zero attached hydrogens (tertiary/aromatic N) is 3. The van der Waals surface area contributed by atoms with Gasteiger partial charge in [-0.1, -0.05) is 81.9 Å². The molecule has 0 unspecified atom stereocenters. The SMILES string of the molecule is CCc1cccc(C)c1NC(=O)CSc1nnc(-c2ccc(C(C)(C)C)cc2)n1N. The van der Waals surface area contributed by atoms with E-state index in [1.807, 2.05) is 37.3 Å². The minimum atomic E-state index is -0.0944. The number of carbonyl (C=O) groups is 1. The van der Waals surface area contributed by atoms with Crippen molar-refractivity contribution in [1.29, 1.82) is 0 Å². The lowest BCUT2D eigenvalue weighted by Crippen LogP contribution is -2.18. The van der Waals surface area contributed by atoms with Gasteiger partial charge < -0.3 is 11.2 Å².